The number of para-hydroxylation sites is 2. The van der Waals surface area contributed by atoms with Gasteiger partial charge in [-0.1, -0.05) is 25.1 Å². The highest BCUT2D eigenvalue weighted by molar-refractivity contribution is 14.0. The monoisotopic (exact) mass is 567 g/mol. The Labute approximate surface area is 210 Å². The second kappa shape index (κ2) is 13.9. The summed E-state index contributed by atoms with van der Waals surface area (Å²) in [6.45, 7) is 6.06. The predicted molar refractivity (Wildman–Crippen MR) is 141 cm³/mol. The number of rotatable bonds is 10. The van der Waals surface area contributed by atoms with Crippen LogP contribution in [0.2, 0.25) is 0 Å². The van der Waals surface area contributed by atoms with E-state index in [4.69, 9.17) is 9.47 Å². The first-order valence-corrected chi connectivity index (χ1v) is 11.3. The number of halogens is 1. The third-order valence-corrected chi connectivity index (χ3v) is 5.63. The first-order valence-electron chi connectivity index (χ1n) is 10.4. The van der Waals surface area contributed by atoms with E-state index < -0.39 is 0 Å². The number of hydrogen-bond acceptors (Lipinski definition) is 6. The molecular formula is C23H30IN5O2S. The molecule has 32 heavy (non-hydrogen) atoms. The zero-order valence-electron chi connectivity index (χ0n) is 18.6. The molecule has 0 aliphatic rings. The van der Waals surface area contributed by atoms with Gasteiger partial charge in [-0.05, 0) is 31.0 Å². The molecule has 1 aromatic carbocycles. The molecule has 0 spiro atoms. The van der Waals surface area contributed by atoms with Crippen molar-refractivity contribution in [3.8, 4) is 17.4 Å². The molecule has 0 bridgehead atoms. The molecule has 0 fully saturated rings. The Morgan fingerprint density at radius 2 is 1.84 bits per heavy atom. The Morgan fingerprint density at radius 3 is 2.50 bits per heavy atom. The lowest BCUT2D eigenvalue weighted by molar-refractivity contribution is 0.319. The van der Waals surface area contributed by atoms with E-state index in [9.17, 15) is 0 Å². The van der Waals surface area contributed by atoms with E-state index in [0.717, 1.165) is 35.9 Å². The molecule has 0 amide bonds. The van der Waals surface area contributed by atoms with Gasteiger partial charge in [0.05, 0.1) is 11.6 Å². The zero-order valence-corrected chi connectivity index (χ0v) is 21.8. The van der Waals surface area contributed by atoms with Gasteiger partial charge in [0, 0.05) is 49.9 Å². The summed E-state index contributed by atoms with van der Waals surface area (Å²) in [4.78, 5) is 14.4. The first-order chi connectivity index (χ1) is 15.2. The summed E-state index contributed by atoms with van der Waals surface area (Å²) >= 11 is 1.77. The summed E-state index contributed by atoms with van der Waals surface area (Å²) in [6, 6.07) is 11.4. The van der Waals surface area contributed by atoms with Gasteiger partial charge in [-0.25, -0.2) is 9.97 Å². The highest BCUT2D eigenvalue weighted by Gasteiger charge is 2.07. The summed E-state index contributed by atoms with van der Waals surface area (Å²) < 4.78 is 11.5. The Balaban J connectivity index is 0.00000363. The average molecular weight is 567 g/mol. The summed E-state index contributed by atoms with van der Waals surface area (Å²) in [6.07, 6.45) is 5.66. The van der Waals surface area contributed by atoms with Gasteiger partial charge in [-0.15, -0.1) is 35.3 Å². The van der Waals surface area contributed by atoms with Crippen molar-refractivity contribution in [2.45, 2.75) is 33.2 Å². The molecule has 172 valence electrons. The Hall–Kier alpha value is -2.40. The maximum Gasteiger partial charge on any atom is 0.219 e. The van der Waals surface area contributed by atoms with Gasteiger partial charge in [0.2, 0.25) is 5.88 Å². The van der Waals surface area contributed by atoms with Crippen LogP contribution in [0.3, 0.4) is 0 Å². The number of aliphatic imine (C=N–C) groups is 1. The van der Waals surface area contributed by atoms with E-state index >= 15 is 0 Å². The molecule has 0 atom stereocenters. The van der Waals surface area contributed by atoms with Crippen LogP contribution < -0.4 is 20.1 Å². The molecule has 0 aliphatic carbocycles. The number of nitrogens with one attached hydrogen (secondary N) is 2. The number of aryl methyl sites for hydroxylation is 1. The molecule has 0 radical (unpaired) electrons. The van der Waals surface area contributed by atoms with Gasteiger partial charge < -0.3 is 20.1 Å². The second-order valence-electron chi connectivity index (χ2n) is 6.66. The van der Waals surface area contributed by atoms with Crippen molar-refractivity contribution in [2.75, 3.05) is 20.2 Å². The molecule has 2 heterocycles. The first kappa shape index (κ1) is 25.9. The Bertz CT molecular complexity index is 979. The zero-order chi connectivity index (χ0) is 21.9. The van der Waals surface area contributed by atoms with E-state index in [1.54, 1.807) is 24.6 Å². The quantitative estimate of drug-likeness (QED) is 0.208. The number of aromatic nitrogens is 2. The predicted octanol–water partition coefficient (Wildman–Crippen LogP) is 4.82. The molecule has 0 unspecified atom stereocenters. The van der Waals surface area contributed by atoms with Gasteiger partial charge in [0.1, 0.15) is 0 Å². The topological polar surface area (TPSA) is 80.7 Å². The summed E-state index contributed by atoms with van der Waals surface area (Å²) in [7, 11) is 1.76. The van der Waals surface area contributed by atoms with Crippen molar-refractivity contribution in [1.29, 1.82) is 0 Å². The van der Waals surface area contributed by atoms with E-state index in [-0.39, 0.29) is 24.0 Å². The third-order valence-electron chi connectivity index (χ3n) is 4.43. The van der Waals surface area contributed by atoms with Crippen molar-refractivity contribution in [2.24, 2.45) is 4.99 Å². The SMILES string of the molecule is CCOc1ccccc1Oc1ccc(CNC(=NC)NCCc2ncc(CC)s2)cn1.I. The average Bonchev–Trinajstić information content (AvgIpc) is 3.26. The van der Waals surface area contributed by atoms with Gasteiger partial charge in [-0.3, -0.25) is 4.99 Å². The highest BCUT2D eigenvalue weighted by Crippen LogP contribution is 2.30. The molecule has 3 aromatic rings. The largest absolute Gasteiger partial charge is 0.490 e. The lowest BCUT2D eigenvalue weighted by Crippen LogP contribution is -2.37. The van der Waals surface area contributed by atoms with Crippen LogP contribution in [0.4, 0.5) is 0 Å². The van der Waals surface area contributed by atoms with Crippen molar-refractivity contribution in [1.82, 2.24) is 20.6 Å². The van der Waals surface area contributed by atoms with Crippen molar-refractivity contribution in [3.05, 3.63) is 64.2 Å². The fourth-order valence-corrected chi connectivity index (χ4v) is 3.68. The number of nitrogens with zero attached hydrogens (tertiary/aromatic N) is 3. The minimum absolute atomic E-state index is 0. The molecule has 0 aliphatic heterocycles. The fraction of sp³-hybridized carbons (Fsp3) is 0.348. The minimum Gasteiger partial charge on any atom is -0.490 e. The van der Waals surface area contributed by atoms with Crippen LogP contribution >= 0.6 is 35.3 Å². The molecule has 0 saturated carbocycles. The van der Waals surface area contributed by atoms with Crippen LogP contribution in [0.1, 0.15) is 29.3 Å². The van der Waals surface area contributed by atoms with E-state index in [1.165, 1.54) is 4.88 Å². The normalized spacial score (nSPS) is 10.9. The number of thiazole rings is 1. The maximum atomic E-state index is 5.87. The molecule has 3 rings (SSSR count). The van der Waals surface area contributed by atoms with Crippen LogP contribution in [0.25, 0.3) is 0 Å². The van der Waals surface area contributed by atoms with Crippen LogP contribution in [0, 0.1) is 0 Å². The molecule has 0 saturated heterocycles. The molecule has 9 heteroatoms. The second-order valence-corrected chi connectivity index (χ2v) is 7.86. The number of pyridine rings is 1. The van der Waals surface area contributed by atoms with Crippen LogP contribution in [0.5, 0.6) is 17.4 Å². The highest BCUT2D eigenvalue weighted by atomic mass is 127. The standard InChI is InChI=1S/C23H29N5O2S.HI/c1-4-18-16-27-22(31-18)12-13-25-23(24-3)28-15-17-10-11-21(26-14-17)30-20-9-7-6-8-19(20)29-5-2;/h6-11,14,16H,4-5,12-13,15H2,1-3H3,(H2,24,25,28);1H. The smallest absolute Gasteiger partial charge is 0.219 e. The lowest BCUT2D eigenvalue weighted by Gasteiger charge is -2.12. The molecule has 2 N–H and O–H groups in total. The number of guanidine groups is 1. The van der Waals surface area contributed by atoms with E-state index in [0.29, 0.717) is 30.5 Å². The van der Waals surface area contributed by atoms with Gasteiger partial charge in [0.25, 0.3) is 0 Å². The fourth-order valence-electron chi connectivity index (χ4n) is 2.82. The van der Waals surface area contributed by atoms with Gasteiger partial charge in [0.15, 0.2) is 17.5 Å². The molecular weight excluding hydrogens is 537 g/mol. The summed E-state index contributed by atoms with van der Waals surface area (Å²) in [5.41, 5.74) is 1.03. The molecule has 2 aromatic heterocycles. The Kier molecular flexibility index (Phi) is 11.2. The number of hydrogen-bond donors (Lipinski definition) is 2. The number of ether oxygens (including phenoxy) is 2. The minimum atomic E-state index is 0. The van der Waals surface area contributed by atoms with Crippen molar-refractivity contribution < 1.29 is 9.47 Å². The van der Waals surface area contributed by atoms with Crippen molar-refractivity contribution >= 4 is 41.3 Å². The van der Waals surface area contributed by atoms with Crippen LogP contribution in [-0.2, 0) is 19.4 Å². The van der Waals surface area contributed by atoms with Crippen LogP contribution in [0.15, 0.2) is 53.8 Å². The van der Waals surface area contributed by atoms with Crippen molar-refractivity contribution in [3.63, 3.8) is 0 Å². The maximum absolute atomic E-state index is 5.87. The summed E-state index contributed by atoms with van der Waals surface area (Å²) in [5, 5.41) is 7.77. The van der Waals surface area contributed by atoms with Crippen LogP contribution in [-0.4, -0.2) is 36.1 Å². The van der Waals surface area contributed by atoms with Gasteiger partial charge in [-0.2, -0.15) is 0 Å². The Morgan fingerprint density at radius 1 is 1.03 bits per heavy atom. The lowest BCUT2D eigenvalue weighted by atomic mass is 10.3. The third kappa shape index (κ3) is 7.94. The van der Waals surface area contributed by atoms with E-state index in [1.807, 2.05) is 49.5 Å². The van der Waals surface area contributed by atoms with Gasteiger partial charge >= 0.3 is 0 Å². The number of benzene rings is 1. The summed E-state index contributed by atoms with van der Waals surface area (Å²) in [5.74, 6) is 2.63. The molecule has 7 nitrogen and oxygen atoms in total. The van der Waals surface area contributed by atoms with E-state index in [2.05, 4.69) is 32.5 Å².